The number of hydrogen-bond donors (Lipinski definition) is 1. The summed E-state index contributed by atoms with van der Waals surface area (Å²) in [6.45, 7) is 0. The Bertz CT molecular complexity index is 428. The molecule has 1 atom stereocenters. The first-order valence-electron chi connectivity index (χ1n) is 8.27. The molecule has 1 saturated carbocycles. The minimum atomic E-state index is -0.814. The van der Waals surface area contributed by atoms with E-state index < -0.39 is 11.9 Å². The molecule has 1 unspecified atom stereocenters. The van der Waals surface area contributed by atoms with Crippen LogP contribution in [0.2, 0.25) is 0 Å². The minimum absolute atomic E-state index is 0.123. The zero-order chi connectivity index (χ0) is 15.1. The summed E-state index contributed by atoms with van der Waals surface area (Å²) in [5.41, 5.74) is 1.31. The largest absolute Gasteiger partial charge is 0.481 e. The van der Waals surface area contributed by atoms with Gasteiger partial charge >= 0.3 is 5.97 Å². The van der Waals surface area contributed by atoms with Crippen LogP contribution in [0.25, 0.3) is 0 Å². The molecule has 0 aromatic rings. The van der Waals surface area contributed by atoms with Gasteiger partial charge in [-0.15, -0.1) is 0 Å². The van der Waals surface area contributed by atoms with Gasteiger partial charge < -0.3 is 5.11 Å². The number of carbonyl (C=O) groups is 2. The monoisotopic (exact) mass is 290 g/mol. The highest BCUT2D eigenvalue weighted by molar-refractivity contribution is 5.85. The molecule has 0 aromatic carbocycles. The van der Waals surface area contributed by atoms with E-state index in [1.54, 1.807) is 0 Å². The van der Waals surface area contributed by atoms with E-state index in [1.165, 1.54) is 12.0 Å². The van der Waals surface area contributed by atoms with Crippen molar-refractivity contribution in [1.82, 2.24) is 0 Å². The van der Waals surface area contributed by atoms with Crippen molar-refractivity contribution in [3.63, 3.8) is 0 Å². The van der Waals surface area contributed by atoms with Gasteiger partial charge in [-0.2, -0.15) is 0 Å². The molecule has 1 fully saturated rings. The highest BCUT2D eigenvalue weighted by Gasteiger charge is 2.27. The van der Waals surface area contributed by atoms with E-state index in [2.05, 4.69) is 12.2 Å². The molecule has 0 amide bonds. The van der Waals surface area contributed by atoms with Gasteiger partial charge in [0.2, 0.25) is 0 Å². The summed E-state index contributed by atoms with van der Waals surface area (Å²) in [7, 11) is 0. The van der Waals surface area contributed by atoms with Crippen LogP contribution >= 0.6 is 0 Å². The molecule has 0 bridgehead atoms. The van der Waals surface area contributed by atoms with Crippen molar-refractivity contribution in [3.05, 3.63) is 23.8 Å². The lowest BCUT2D eigenvalue weighted by Gasteiger charge is -2.22. The van der Waals surface area contributed by atoms with Crippen LogP contribution in [-0.4, -0.2) is 16.9 Å². The normalized spacial score (nSPS) is 20.9. The molecule has 0 spiro atoms. The van der Waals surface area contributed by atoms with Crippen LogP contribution in [0, 0.1) is 11.8 Å². The molecule has 3 heteroatoms. The lowest BCUT2D eigenvalue weighted by atomic mass is 9.82. The Morgan fingerprint density at radius 1 is 1.24 bits per heavy atom. The molecule has 0 saturated heterocycles. The zero-order valence-corrected chi connectivity index (χ0v) is 12.7. The molecule has 0 aliphatic heterocycles. The van der Waals surface area contributed by atoms with E-state index in [4.69, 9.17) is 0 Å². The molecule has 1 N–H and O–H groups in total. The highest BCUT2D eigenvalue weighted by atomic mass is 16.4. The number of aliphatic carboxylic acids is 1. The maximum absolute atomic E-state index is 12.3. The third kappa shape index (κ3) is 5.14. The van der Waals surface area contributed by atoms with Crippen molar-refractivity contribution in [2.45, 2.75) is 64.2 Å². The average Bonchev–Trinajstić information content (AvgIpc) is 2.52. The summed E-state index contributed by atoms with van der Waals surface area (Å²) in [4.78, 5) is 23.7. The predicted octanol–water partition coefficient (Wildman–Crippen LogP) is 4.28. The molecule has 3 nitrogen and oxygen atoms in total. The maximum Gasteiger partial charge on any atom is 0.306 e. The first-order chi connectivity index (χ1) is 10.2. The number of rotatable bonds is 7. The standard InChI is InChI=1S/C18H26O3/c19-17(15-9-5-2-6-10-15)13-16(18(20)21)12-11-14-7-3-1-4-8-14/h1,3,7,15-16H,2,4-6,8-13H2,(H,20,21). The van der Waals surface area contributed by atoms with Gasteiger partial charge in [-0.25, -0.2) is 0 Å². The Morgan fingerprint density at radius 2 is 2.00 bits per heavy atom. The molecule has 0 radical (unpaired) electrons. The Hall–Kier alpha value is -1.38. The number of hydrogen-bond acceptors (Lipinski definition) is 2. The first-order valence-corrected chi connectivity index (χ1v) is 8.27. The molecule has 0 heterocycles. The van der Waals surface area contributed by atoms with Crippen molar-refractivity contribution in [3.8, 4) is 0 Å². The third-order valence-corrected chi connectivity index (χ3v) is 4.77. The van der Waals surface area contributed by atoms with Crippen LogP contribution in [0.1, 0.15) is 64.2 Å². The van der Waals surface area contributed by atoms with Gasteiger partial charge in [-0.3, -0.25) is 9.59 Å². The number of Topliss-reactive ketones (excluding diaryl/α,β-unsaturated/α-hetero) is 1. The van der Waals surface area contributed by atoms with Crippen LogP contribution in [0.15, 0.2) is 23.8 Å². The van der Waals surface area contributed by atoms with E-state index in [9.17, 15) is 14.7 Å². The Labute approximate surface area is 127 Å². The molecule has 116 valence electrons. The van der Waals surface area contributed by atoms with Gasteiger partial charge in [0, 0.05) is 12.3 Å². The van der Waals surface area contributed by atoms with E-state index in [1.807, 2.05) is 6.08 Å². The molecule has 21 heavy (non-hydrogen) atoms. The van der Waals surface area contributed by atoms with E-state index in [0.29, 0.717) is 6.42 Å². The van der Waals surface area contributed by atoms with Gasteiger partial charge in [0.25, 0.3) is 0 Å². The van der Waals surface area contributed by atoms with Crippen molar-refractivity contribution in [1.29, 1.82) is 0 Å². The van der Waals surface area contributed by atoms with E-state index in [-0.39, 0.29) is 18.1 Å². The van der Waals surface area contributed by atoms with Gasteiger partial charge in [-0.05, 0) is 38.5 Å². The van der Waals surface area contributed by atoms with Crippen LogP contribution in [0.5, 0.6) is 0 Å². The summed E-state index contributed by atoms with van der Waals surface area (Å²) < 4.78 is 0. The molecule has 0 aromatic heterocycles. The number of carboxylic acids is 1. The number of allylic oxidation sites excluding steroid dienone is 4. The SMILES string of the molecule is O=C(O)C(CCC1=CC=CCC1)CC(=O)C1CCCCC1. The highest BCUT2D eigenvalue weighted by Crippen LogP contribution is 2.28. The molecular formula is C18H26O3. The lowest BCUT2D eigenvalue weighted by molar-refractivity contribution is -0.144. The van der Waals surface area contributed by atoms with Crippen LogP contribution in [0.4, 0.5) is 0 Å². The summed E-state index contributed by atoms with van der Waals surface area (Å²) in [6, 6.07) is 0. The predicted molar refractivity (Wildman–Crippen MR) is 83.0 cm³/mol. The quantitative estimate of drug-likeness (QED) is 0.761. The summed E-state index contributed by atoms with van der Waals surface area (Å²) >= 11 is 0. The fourth-order valence-corrected chi connectivity index (χ4v) is 3.37. The van der Waals surface area contributed by atoms with Gasteiger partial charge in [0.15, 0.2) is 0 Å². The molecule has 2 aliphatic carbocycles. The van der Waals surface area contributed by atoms with Gasteiger partial charge in [0.1, 0.15) is 5.78 Å². The second-order valence-electron chi connectivity index (χ2n) is 6.37. The minimum Gasteiger partial charge on any atom is -0.481 e. The van der Waals surface area contributed by atoms with E-state index >= 15 is 0 Å². The Kier molecular flexibility index (Phi) is 6.21. The fourth-order valence-electron chi connectivity index (χ4n) is 3.37. The van der Waals surface area contributed by atoms with E-state index in [0.717, 1.165) is 44.9 Å². The topological polar surface area (TPSA) is 54.4 Å². The average molecular weight is 290 g/mol. The van der Waals surface area contributed by atoms with Crippen LogP contribution < -0.4 is 0 Å². The van der Waals surface area contributed by atoms with Crippen LogP contribution in [0.3, 0.4) is 0 Å². The van der Waals surface area contributed by atoms with Crippen molar-refractivity contribution in [2.24, 2.45) is 11.8 Å². The first kappa shape index (κ1) is 16.0. The molecule has 2 aliphatic rings. The summed E-state index contributed by atoms with van der Waals surface area (Å²) in [5.74, 6) is -1.02. The zero-order valence-electron chi connectivity index (χ0n) is 12.7. The molecular weight excluding hydrogens is 264 g/mol. The molecule has 2 rings (SSSR count). The summed E-state index contributed by atoms with van der Waals surface area (Å²) in [6.07, 6.45) is 15.3. The van der Waals surface area contributed by atoms with Crippen molar-refractivity contribution in [2.75, 3.05) is 0 Å². The number of carbonyl (C=O) groups excluding carboxylic acids is 1. The third-order valence-electron chi connectivity index (χ3n) is 4.77. The fraction of sp³-hybridized carbons (Fsp3) is 0.667. The number of ketones is 1. The van der Waals surface area contributed by atoms with Crippen molar-refractivity contribution < 1.29 is 14.7 Å². The van der Waals surface area contributed by atoms with Gasteiger partial charge in [-0.1, -0.05) is 43.1 Å². The maximum atomic E-state index is 12.3. The second kappa shape index (κ2) is 8.16. The number of carboxylic acid groups (broad SMARTS) is 1. The van der Waals surface area contributed by atoms with Crippen LogP contribution in [-0.2, 0) is 9.59 Å². The van der Waals surface area contributed by atoms with Crippen molar-refractivity contribution >= 4 is 11.8 Å². The smallest absolute Gasteiger partial charge is 0.306 e. The Morgan fingerprint density at radius 3 is 2.62 bits per heavy atom. The lowest BCUT2D eigenvalue weighted by Crippen LogP contribution is -2.24. The summed E-state index contributed by atoms with van der Waals surface area (Å²) in [5, 5.41) is 9.36. The van der Waals surface area contributed by atoms with Gasteiger partial charge in [0.05, 0.1) is 5.92 Å². The Balaban J connectivity index is 1.83. The second-order valence-corrected chi connectivity index (χ2v) is 6.37.